The highest BCUT2D eigenvalue weighted by Crippen LogP contribution is 2.63. The van der Waals surface area contributed by atoms with Crippen LogP contribution in [0.2, 0.25) is 5.02 Å². The van der Waals surface area contributed by atoms with E-state index in [4.69, 9.17) is 16.3 Å². The van der Waals surface area contributed by atoms with Crippen LogP contribution in [-0.2, 0) is 9.53 Å². The highest BCUT2D eigenvalue weighted by molar-refractivity contribution is 6.30. The lowest BCUT2D eigenvalue weighted by molar-refractivity contribution is -0.127. The molecular formula is C23H29ClF3NO3. The van der Waals surface area contributed by atoms with Gasteiger partial charge in [0.1, 0.15) is 17.3 Å². The van der Waals surface area contributed by atoms with Crippen molar-refractivity contribution in [2.24, 2.45) is 11.3 Å². The first kappa shape index (κ1) is 22.9. The van der Waals surface area contributed by atoms with Crippen LogP contribution in [0.15, 0.2) is 12.1 Å². The number of fused-ring (bicyclic) bond motifs is 2. The maximum Gasteiger partial charge on any atom is 0.223 e. The molecule has 3 aliphatic carbocycles. The molecule has 0 spiro atoms. The lowest BCUT2D eigenvalue weighted by Gasteiger charge is -2.37. The van der Waals surface area contributed by atoms with E-state index in [1.807, 2.05) is 13.8 Å². The van der Waals surface area contributed by atoms with E-state index < -0.39 is 52.8 Å². The molecule has 2 N–H and O–H groups in total. The van der Waals surface area contributed by atoms with Crippen LogP contribution in [0.1, 0.15) is 70.4 Å². The second-order valence-electron chi connectivity index (χ2n) is 9.85. The summed E-state index contributed by atoms with van der Waals surface area (Å²) in [7, 11) is 0. The second kappa shape index (κ2) is 8.23. The molecule has 1 aromatic rings. The molecule has 0 aliphatic heterocycles. The molecular weight excluding hydrogens is 431 g/mol. The molecule has 4 rings (SSSR count). The number of hydrogen-bond donors (Lipinski definition) is 2. The highest BCUT2D eigenvalue weighted by Gasteiger charge is 2.59. The summed E-state index contributed by atoms with van der Waals surface area (Å²) in [6, 6.07) is 1.19. The number of alkyl halides is 1. The quantitative estimate of drug-likeness (QED) is 0.588. The molecule has 0 radical (unpaired) electrons. The van der Waals surface area contributed by atoms with Crippen LogP contribution < -0.4 is 5.32 Å². The Morgan fingerprint density at radius 2 is 1.90 bits per heavy atom. The van der Waals surface area contributed by atoms with E-state index in [1.165, 1.54) is 0 Å². The number of ether oxygens (including phenoxy) is 1. The molecule has 4 nitrogen and oxygen atoms in total. The van der Waals surface area contributed by atoms with Gasteiger partial charge in [0.25, 0.3) is 0 Å². The largest absolute Gasteiger partial charge is 0.390 e. The van der Waals surface area contributed by atoms with Crippen LogP contribution in [-0.4, -0.2) is 35.0 Å². The molecule has 172 valence electrons. The molecule has 31 heavy (non-hydrogen) atoms. The third-order valence-electron chi connectivity index (χ3n) is 7.37. The molecule has 0 heterocycles. The first-order chi connectivity index (χ1) is 14.5. The third kappa shape index (κ3) is 4.21. The highest BCUT2D eigenvalue weighted by atomic mass is 35.5. The van der Waals surface area contributed by atoms with E-state index in [2.05, 4.69) is 5.32 Å². The van der Waals surface area contributed by atoms with Crippen LogP contribution in [0, 0.1) is 23.0 Å². The van der Waals surface area contributed by atoms with Crippen LogP contribution in [0.5, 0.6) is 0 Å². The zero-order chi connectivity index (χ0) is 22.6. The Balaban J connectivity index is 1.63. The molecule has 0 unspecified atom stereocenters. The van der Waals surface area contributed by atoms with Crippen molar-refractivity contribution in [1.29, 1.82) is 0 Å². The number of carbonyl (C=O) groups excluding carboxylic acids is 1. The fourth-order valence-electron chi connectivity index (χ4n) is 5.86. The topological polar surface area (TPSA) is 58.6 Å². The average molecular weight is 460 g/mol. The van der Waals surface area contributed by atoms with E-state index in [-0.39, 0.29) is 29.5 Å². The van der Waals surface area contributed by atoms with Gasteiger partial charge in [0.05, 0.1) is 29.4 Å². The van der Waals surface area contributed by atoms with Gasteiger partial charge in [-0.25, -0.2) is 13.2 Å². The summed E-state index contributed by atoms with van der Waals surface area (Å²) in [4.78, 5) is 13.2. The van der Waals surface area contributed by atoms with Crippen molar-refractivity contribution in [2.45, 2.75) is 88.8 Å². The fourth-order valence-corrected chi connectivity index (χ4v) is 6.02. The van der Waals surface area contributed by atoms with Gasteiger partial charge in [-0.2, -0.15) is 0 Å². The van der Waals surface area contributed by atoms with Gasteiger partial charge in [-0.3, -0.25) is 4.79 Å². The van der Waals surface area contributed by atoms with E-state index in [9.17, 15) is 23.1 Å². The first-order valence-corrected chi connectivity index (χ1v) is 11.4. The number of nitrogens with one attached hydrogen (secondary N) is 1. The number of amides is 1. The zero-order valence-electron chi connectivity index (χ0n) is 17.8. The van der Waals surface area contributed by atoms with Gasteiger partial charge >= 0.3 is 0 Å². The van der Waals surface area contributed by atoms with Crippen molar-refractivity contribution in [3.05, 3.63) is 34.4 Å². The number of halogens is 4. The zero-order valence-corrected chi connectivity index (χ0v) is 18.5. The van der Waals surface area contributed by atoms with Gasteiger partial charge in [0.15, 0.2) is 0 Å². The number of carbonyl (C=O) groups is 1. The van der Waals surface area contributed by atoms with Crippen molar-refractivity contribution in [3.8, 4) is 0 Å². The number of aliphatic hydroxyl groups is 1. The van der Waals surface area contributed by atoms with Gasteiger partial charge in [0, 0.05) is 11.5 Å². The number of benzene rings is 1. The Morgan fingerprint density at radius 3 is 2.48 bits per heavy atom. The first-order valence-electron chi connectivity index (χ1n) is 11.0. The Morgan fingerprint density at radius 1 is 1.23 bits per heavy atom. The molecule has 1 aromatic carbocycles. The standard InChI is InChI=1S/C23H29ClF3NO3/c1-12(2)31-17-10-13(9-16(17)29)21(30)28-20(18-15(25)4-3-14(24)19(18)26)22-5-7-23(27,11-22)8-6-22/h3-4,12-13,16-17,20,29H,5-11H2,1-2H3,(H,28,30)/t13-,16+,17-,20+,22?,23?/m0/s1. The summed E-state index contributed by atoms with van der Waals surface area (Å²) in [6.45, 7) is 3.70. The average Bonchev–Trinajstić information content (AvgIpc) is 3.35. The van der Waals surface area contributed by atoms with E-state index in [0.29, 0.717) is 32.1 Å². The molecule has 0 saturated heterocycles. The maximum atomic E-state index is 15.0. The summed E-state index contributed by atoms with van der Waals surface area (Å²) < 4.78 is 50.5. The minimum absolute atomic E-state index is 0.0996. The number of rotatable bonds is 6. The minimum atomic E-state index is -1.35. The molecule has 1 amide bonds. The molecule has 4 atom stereocenters. The van der Waals surface area contributed by atoms with Gasteiger partial charge in [-0.05, 0) is 76.3 Å². The predicted molar refractivity (Wildman–Crippen MR) is 110 cm³/mol. The van der Waals surface area contributed by atoms with Crippen LogP contribution in [0.3, 0.4) is 0 Å². The van der Waals surface area contributed by atoms with E-state index in [1.54, 1.807) is 0 Å². The summed E-state index contributed by atoms with van der Waals surface area (Å²) in [5, 5.41) is 12.9. The van der Waals surface area contributed by atoms with Crippen molar-refractivity contribution < 1.29 is 27.8 Å². The van der Waals surface area contributed by atoms with Crippen molar-refractivity contribution in [1.82, 2.24) is 5.32 Å². The lowest BCUT2D eigenvalue weighted by Crippen LogP contribution is -2.42. The van der Waals surface area contributed by atoms with Gasteiger partial charge < -0.3 is 15.2 Å². The number of aliphatic hydroxyl groups excluding tert-OH is 1. The van der Waals surface area contributed by atoms with Crippen LogP contribution in [0.25, 0.3) is 0 Å². The van der Waals surface area contributed by atoms with Crippen LogP contribution >= 0.6 is 11.6 Å². The second-order valence-corrected chi connectivity index (χ2v) is 10.3. The Kier molecular flexibility index (Phi) is 6.07. The van der Waals surface area contributed by atoms with E-state index in [0.717, 1.165) is 12.1 Å². The summed E-state index contributed by atoms with van der Waals surface area (Å²) in [5.74, 6) is -2.69. The molecule has 0 aromatic heterocycles. The minimum Gasteiger partial charge on any atom is -0.390 e. The summed E-state index contributed by atoms with van der Waals surface area (Å²) in [6.07, 6.45) is 0.827. The smallest absolute Gasteiger partial charge is 0.223 e. The molecule has 3 saturated carbocycles. The van der Waals surface area contributed by atoms with Crippen molar-refractivity contribution >= 4 is 17.5 Å². The normalized spacial score (nSPS) is 35.7. The monoisotopic (exact) mass is 459 g/mol. The van der Waals surface area contributed by atoms with Gasteiger partial charge in [0.2, 0.25) is 5.91 Å². The van der Waals surface area contributed by atoms with Gasteiger partial charge in [-0.15, -0.1) is 0 Å². The Bertz CT molecular complexity index is 857. The van der Waals surface area contributed by atoms with Crippen molar-refractivity contribution in [3.63, 3.8) is 0 Å². The molecule has 8 heteroatoms. The maximum absolute atomic E-state index is 15.0. The Hall–Kier alpha value is -1.31. The molecule has 3 aliphatic rings. The number of hydrogen-bond acceptors (Lipinski definition) is 3. The predicted octanol–water partition coefficient (Wildman–Crippen LogP) is 5.01. The van der Waals surface area contributed by atoms with Crippen LogP contribution in [0.4, 0.5) is 13.2 Å². The molecule has 2 bridgehead atoms. The van der Waals surface area contributed by atoms with Gasteiger partial charge in [-0.1, -0.05) is 11.6 Å². The molecule has 3 fully saturated rings. The summed E-state index contributed by atoms with van der Waals surface area (Å²) in [5.41, 5.74) is -2.42. The van der Waals surface area contributed by atoms with E-state index >= 15 is 0 Å². The lowest BCUT2D eigenvalue weighted by atomic mass is 9.74. The Labute approximate surface area is 185 Å². The summed E-state index contributed by atoms with van der Waals surface area (Å²) >= 11 is 5.94. The van der Waals surface area contributed by atoms with Crippen molar-refractivity contribution in [2.75, 3.05) is 0 Å². The fraction of sp³-hybridized carbons (Fsp3) is 0.696. The third-order valence-corrected chi connectivity index (χ3v) is 7.66. The SMILES string of the molecule is CC(C)O[C@H]1C[C@@H](C(=O)N[C@H](c2c(F)ccc(Cl)c2F)C23CCC(F)(CC2)C3)C[C@H]1O.